The summed E-state index contributed by atoms with van der Waals surface area (Å²) < 4.78 is 0. The molecule has 0 aromatic rings. The van der Waals surface area contributed by atoms with Crippen molar-refractivity contribution in [1.82, 2.24) is 10.2 Å². The smallest absolute Gasteiger partial charge is 0.226 e. The van der Waals surface area contributed by atoms with Gasteiger partial charge in [0.15, 0.2) is 0 Å². The highest BCUT2D eigenvalue weighted by molar-refractivity contribution is 5.82. The molecular weight excluding hydrogens is 240 g/mol. The zero-order chi connectivity index (χ0) is 14.5. The summed E-state index contributed by atoms with van der Waals surface area (Å²) >= 11 is 0. The highest BCUT2D eigenvalue weighted by Gasteiger charge is 2.34. The first kappa shape index (κ1) is 16.4. The van der Waals surface area contributed by atoms with Crippen molar-refractivity contribution in [3.63, 3.8) is 0 Å². The van der Waals surface area contributed by atoms with Crippen molar-refractivity contribution >= 4 is 5.91 Å². The van der Waals surface area contributed by atoms with Crippen LogP contribution in [-0.4, -0.2) is 48.7 Å². The molecule has 0 radical (unpaired) electrons. The van der Waals surface area contributed by atoms with Crippen LogP contribution in [0, 0.1) is 5.41 Å². The molecule has 1 aliphatic carbocycles. The van der Waals surface area contributed by atoms with Gasteiger partial charge in [0.25, 0.3) is 0 Å². The van der Waals surface area contributed by atoms with Crippen LogP contribution in [0.1, 0.15) is 52.4 Å². The number of carbonyl (C=O) groups is 1. The van der Waals surface area contributed by atoms with Crippen LogP contribution in [0.2, 0.25) is 0 Å². The Kier molecular flexibility index (Phi) is 5.81. The van der Waals surface area contributed by atoms with Gasteiger partial charge in [0.2, 0.25) is 5.91 Å². The summed E-state index contributed by atoms with van der Waals surface area (Å²) in [5.74, 6) is 0.105. The van der Waals surface area contributed by atoms with Gasteiger partial charge in [-0.25, -0.2) is 0 Å². The number of carbonyl (C=O) groups excluding carboxylic acids is 1. The van der Waals surface area contributed by atoms with Crippen molar-refractivity contribution < 1.29 is 9.90 Å². The molecule has 4 nitrogen and oxygen atoms in total. The highest BCUT2D eigenvalue weighted by atomic mass is 16.3. The number of aliphatic hydroxyl groups is 1. The van der Waals surface area contributed by atoms with Gasteiger partial charge in [-0.2, -0.15) is 0 Å². The maximum Gasteiger partial charge on any atom is 0.226 e. The number of hydrogen-bond acceptors (Lipinski definition) is 3. The fourth-order valence-corrected chi connectivity index (χ4v) is 2.96. The van der Waals surface area contributed by atoms with E-state index >= 15 is 0 Å². The van der Waals surface area contributed by atoms with Crippen LogP contribution in [0.25, 0.3) is 0 Å². The minimum Gasteiger partial charge on any atom is -0.387 e. The zero-order valence-corrected chi connectivity index (χ0v) is 13.0. The molecule has 0 aliphatic heterocycles. The molecule has 0 saturated heterocycles. The summed E-state index contributed by atoms with van der Waals surface area (Å²) in [5.41, 5.74) is -1.12. The van der Waals surface area contributed by atoms with E-state index in [1.54, 1.807) is 6.92 Å². The number of amides is 1. The summed E-state index contributed by atoms with van der Waals surface area (Å²) in [6.45, 7) is 4.70. The predicted octanol–water partition coefficient (Wildman–Crippen LogP) is 1.78. The van der Waals surface area contributed by atoms with E-state index in [0.717, 1.165) is 25.7 Å². The molecular formula is C15H30N2O2. The standard InChI is InChI=1S/C15H30N2O2/c1-14(9-7-5-6-8-10-14)13(18)16-11-15(2,19)12-17(3)4/h19H,5-12H2,1-4H3,(H,16,18). The molecule has 1 amide bonds. The van der Waals surface area contributed by atoms with Crippen LogP contribution < -0.4 is 5.32 Å². The first-order valence-corrected chi connectivity index (χ1v) is 7.41. The number of rotatable bonds is 5. The van der Waals surface area contributed by atoms with Crippen molar-refractivity contribution in [2.75, 3.05) is 27.2 Å². The number of nitrogens with zero attached hydrogens (tertiary/aromatic N) is 1. The average Bonchev–Trinajstić information content (AvgIpc) is 2.50. The Morgan fingerprint density at radius 2 is 1.79 bits per heavy atom. The van der Waals surface area contributed by atoms with Gasteiger partial charge in [-0.1, -0.05) is 32.6 Å². The van der Waals surface area contributed by atoms with E-state index in [4.69, 9.17) is 0 Å². The van der Waals surface area contributed by atoms with Crippen molar-refractivity contribution in [2.24, 2.45) is 5.41 Å². The third-order valence-corrected chi connectivity index (χ3v) is 4.04. The number of nitrogens with one attached hydrogen (secondary N) is 1. The predicted molar refractivity (Wildman–Crippen MR) is 78.0 cm³/mol. The molecule has 1 unspecified atom stereocenters. The number of likely N-dealkylation sites (N-methyl/N-ethyl adjacent to an activating group) is 1. The molecule has 112 valence electrons. The van der Waals surface area contributed by atoms with Gasteiger partial charge < -0.3 is 15.3 Å². The summed E-state index contributed by atoms with van der Waals surface area (Å²) in [5, 5.41) is 13.2. The van der Waals surface area contributed by atoms with E-state index in [1.165, 1.54) is 12.8 Å². The van der Waals surface area contributed by atoms with E-state index in [1.807, 2.05) is 19.0 Å². The third kappa shape index (κ3) is 5.49. The van der Waals surface area contributed by atoms with Crippen LogP contribution >= 0.6 is 0 Å². The SMILES string of the molecule is CN(C)CC(C)(O)CNC(=O)C1(C)CCCCCC1. The lowest BCUT2D eigenvalue weighted by molar-refractivity contribution is -0.132. The average molecular weight is 270 g/mol. The Morgan fingerprint density at radius 1 is 1.26 bits per heavy atom. The summed E-state index contributed by atoms with van der Waals surface area (Å²) in [6.07, 6.45) is 6.68. The second-order valence-electron chi connectivity index (χ2n) is 6.89. The molecule has 1 rings (SSSR count). The van der Waals surface area contributed by atoms with Gasteiger partial charge >= 0.3 is 0 Å². The lowest BCUT2D eigenvalue weighted by Crippen LogP contribution is -2.50. The van der Waals surface area contributed by atoms with Gasteiger partial charge in [-0.15, -0.1) is 0 Å². The van der Waals surface area contributed by atoms with Crippen molar-refractivity contribution in [3.8, 4) is 0 Å². The summed E-state index contributed by atoms with van der Waals surface area (Å²) in [7, 11) is 3.84. The Morgan fingerprint density at radius 3 is 2.26 bits per heavy atom. The quantitative estimate of drug-likeness (QED) is 0.749. The fourth-order valence-electron chi connectivity index (χ4n) is 2.96. The van der Waals surface area contributed by atoms with Crippen LogP contribution in [0.3, 0.4) is 0 Å². The van der Waals surface area contributed by atoms with Gasteiger partial charge in [0.1, 0.15) is 0 Å². The third-order valence-electron chi connectivity index (χ3n) is 4.04. The minimum absolute atomic E-state index is 0.105. The molecule has 0 aromatic carbocycles. The van der Waals surface area contributed by atoms with Crippen LogP contribution in [-0.2, 0) is 4.79 Å². The van der Waals surface area contributed by atoms with Crippen molar-refractivity contribution in [2.45, 2.75) is 58.0 Å². The fraction of sp³-hybridized carbons (Fsp3) is 0.933. The lowest BCUT2D eigenvalue weighted by atomic mass is 9.81. The van der Waals surface area contributed by atoms with E-state index in [0.29, 0.717) is 13.1 Å². The topological polar surface area (TPSA) is 52.6 Å². The van der Waals surface area contributed by atoms with Crippen LogP contribution in [0.4, 0.5) is 0 Å². The first-order valence-electron chi connectivity index (χ1n) is 7.41. The molecule has 1 saturated carbocycles. The summed E-state index contributed by atoms with van der Waals surface area (Å²) in [4.78, 5) is 14.3. The lowest BCUT2D eigenvalue weighted by Gasteiger charge is -2.31. The molecule has 2 N–H and O–H groups in total. The molecule has 0 spiro atoms. The maximum atomic E-state index is 12.4. The van der Waals surface area contributed by atoms with Gasteiger partial charge in [-0.3, -0.25) is 4.79 Å². The van der Waals surface area contributed by atoms with Gasteiger partial charge in [-0.05, 0) is 33.9 Å². The molecule has 0 aromatic heterocycles. The van der Waals surface area contributed by atoms with E-state index in [-0.39, 0.29) is 11.3 Å². The second-order valence-corrected chi connectivity index (χ2v) is 6.89. The van der Waals surface area contributed by atoms with E-state index in [9.17, 15) is 9.90 Å². The van der Waals surface area contributed by atoms with Crippen LogP contribution in [0.15, 0.2) is 0 Å². The minimum atomic E-state index is -0.875. The molecule has 1 fully saturated rings. The highest BCUT2D eigenvalue weighted by Crippen LogP contribution is 2.34. The summed E-state index contributed by atoms with van der Waals surface area (Å²) in [6, 6.07) is 0. The molecule has 1 atom stereocenters. The Balaban J connectivity index is 2.49. The Bertz CT molecular complexity index is 293. The Labute approximate surface area is 117 Å². The van der Waals surface area contributed by atoms with Crippen molar-refractivity contribution in [3.05, 3.63) is 0 Å². The maximum absolute atomic E-state index is 12.4. The monoisotopic (exact) mass is 270 g/mol. The molecule has 1 aliphatic rings. The van der Waals surface area contributed by atoms with Gasteiger partial charge in [0, 0.05) is 18.5 Å². The van der Waals surface area contributed by atoms with E-state index in [2.05, 4.69) is 12.2 Å². The first-order chi connectivity index (χ1) is 8.75. The van der Waals surface area contributed by atoms with Crippen LogP contribution in [0.5, 0.6) is 0 Å². The molecule has 19 heavy (non-hydrogen) atoms. The molecule has 0 heterocycles. The van der Waals surface area contributed by atoms with Crippen molar-refractivity contribution in [1.29, 1.82) is 0 Å². The van der Waals surface area contributed by atoms with E-state index < -0.39 is 5.60 Å². The largest absolute Gasteiger partial charge is 0.387 e. The van der Waals surface area contributed by atoms with Gasteiger partial charge in [0.05, 0.1) is 5.60 Å². The molecule has 4 heteroatoms. The Hall–Kier alpha value is -0.610. The molecule has 0 bridgehead atoms. The zero-order valence-electron chi connectivity index (χ0n) is 13.0. The second kappa shape index (κ2) is 6.71. The normalized spacial score (nSPS) is 22.6. The number of hydrogen-bond donors (Lipinski definition) is 2.